The molecule has 0 aliphatic heterocycles. The van der Waals surface area contributed by atoms with Crippen molar-refractivity contribution in [3.63, 3.8) is 0 Å². The second kappa shape index (κ2) is 6.53. The van der Waals surface area contributed by atoms with Gasteiger partial charge in [0.2, 0.25) is 0 Å². The first-order chi connectivity index (χ1) is 11.1. The molecular weight excluding hydrogens is 289 g/mol. The maximum atomic E-state index is 14.3. The molecule has 0 atom stereocenters. The number of rotatable bonds is 4. The molecule has 3 rings (SSSR count). The van der Waals surface area contributed by atoms with Crippen molar-refractivity contribution in [1.29, 1.82) is 0 Å². The first-order valence-corrected chi connectivity index (χ1v) is 7.46. The summed E-state index contributed by atoms with van der Waals surface area (Å²) in [6.45, 7) is 2.19. The third-order valence-electron chi connectivity index (χ3n) is 3.68. The summed E-state index contributed by atoms with van der Waals surface area (Å²) in [5.74, 6) is 0.400. The summed E-state index contributed by atoms with van der Waals surface area (Å²) in [6.07, 6.45) is 0. The Kier molecular flexibility index (Phi) is 4.29. The van der Waals surface area contributed by atoms with E-state index in [1.54, 1.807) is 31.2 Å². The Hall–Kier alpha value is -2.81. The number of hydrogen-bond donors (Lipinski definition) is 1. The van der Waals surface area contributed by atoms with Crippen molar-refractivity contribution < 1.29 is 9.13 Å². The molecule has 0 radical (unpaired) electrons. The molecule has 0 aromatic heterocycles. The lowest BCUT2D eigenvalue weighted by Gasteiger charge is -2.11. The van der Waals surface area contributed by atoms with Gasteiger partial charge in [-0.25, -0.2) is 4.39 Å². The third-order valence-corrected chi connectivity index (χ3v) is 3.68. The van der Waals surface area contributed by atoms with Crippen LogP contribution in [0.4, 0.5) is 10.1 Å². The fourth-order valence-corrected chi connectivity index (χ4v) is 2.47. The Bertz CT molecular complexity index is 815. The first kappa shape index (κ1) is 15.1. The summed E-state index contributed by atoms with van der Waals surface area (Å²) in [6, 6.07) is 20.5. The van der Waals surface area contributed by atoms with Gasteiger partial charge in [0.1, 0.15) is 18.2 Å². The molecule has 0 unspecified atom stereocenters. The van der Waals surface area contributed by atoms with Gasteiger partial charge in [-0.2, -0.15) is 0 Å². The minimum Gasteiger partial charge on any atom is -0.489 e. The maximum Gasteiger partial charge on any atom is 0.133 e. The Balaban J connectivity index is 1.89. The molecule has 0 spiro atoms. The number of halogens is 1. The summed E-state index contributed by atoms with van der Waals surface area (Å²) in [5.41, 5.74) is 9.42. The molecule has 0 aliphatic rings. The summed E-state index contributed by atoms with van der Waals surface area (Å²) >= 11 is 0. The minimum atomic E-state index is -0.230. The van der Waals surface area contributed by atoms with E-state index in [4.69, 9.17) is 10.5 Å². The molecule has 116 valence electrons. The largest absolute Gasteiger partial charge is 0.489 e. The van der Waals surface area contributed by atoms with Crippen LogP contribution in [0.3, 0.4) is 0 Å². The second-order valence-electron chi connectivity index (χ2n) is 5.50. The molecule has 3 aromatic rings. The third kappa shape index (κ3) is 3.51. The molecule has 0 saturated carbocycles. The average molecular weight is 307 g/mol. The fourth-order valence-electron chi connectivity index (χ4n) is 2.47. The van der Waals surface area contributed by atoms with Gasteiger partial charge in [0.05, 0.1) is 0 Å². The van der Waals surface area contributed by atoms with Gasteiger partial charge in [-0.15, -0.1) is 0 Å². The van der Waals surface area contributed by atoms with Crippen molar-refractivity contribution in [2.75, 3.05) is 5.73 Å². The molecule has 3 aromatic carbocycles. The number of ether oxygens (including phenoxy) is 1. The van der Waals surface area contributed by atoms with E-state index in [1.165, 1.54) is 0 Å². The lowest BCUT2D eigenvalue weighted by Crippen LogP contribution is -1.97. The second-order valence-corrected chi connectivity index (χ2v) is 5.50. The summed E-state index contributed by atoms with van der Waals surface area (Å²) in [5, 5.41) is 0. The standard InChI is InChI=1S/C20H18FNO/c1-14-6-5-9-19(20(14)21)16-10-17(22)12-18(11-16)23-13-15-7-3-2-4-8-15/h2-12H,13,22H2,1H3. The normalized spacial score (nSPS) is 10.5. The zero-order chi connectivity index (χ0) is 16.2. The van der Waals surface area contributed by atoms with Crippen molar-refractivity contribution >= 4 is 5.69 Å². The van der Waals surface area contributed by atoms with E-state index in [-0.39, 0.29) is 5.82 Å². The van der Waals surface area contributed by atoms with Crippen LogP contribution in [0.2, 0.25) is 0 Å². The van der Waals surface area contributed by atoms with E-state index in [0.29, 0.717) is 34.7 Å². The zero-order valence-electron chi connectivity index (χ0n) is 12.9. The molecule has 23 heavy (non-hydrogen) atoms. The highest BCUT2D eigenvalue weighted by molar-refractivity contribution is 5.70. The fraction of sp³-hybridized carbons (Fsp3) is 0.100. The van der Waals surface area contributed by atoms with Crippen LogP contribution in [0, 0.1) is 12.7 Å². The molecule has 2 nitrogen and oxygen atoms in total. The van der Waals surface area contributed by atoms with Crippen LogP contribution in [0.1, 0.15) is 11.1 Å². The van der Waals surface area contributed by atoms with Crippen molar-refractivity contribution in [3.05, 3.63) is 83.7 Å². The molecule has 0 aliphatic carbocycles. The molecule has 0 bridgehead atoms. The topological polar surface area (TPSA) is 35.2 Å². The van der Waals surface area contributed by atoms with Crippen LogP contribution in [-0.2, 0) is 6.61 Å². The molecule has 0 amide bonds. The van der Waals surface area contributed by atoms with E-state index < -0.39 is 0 Å². The van der Waals surface area contributed by atoms with Gasteiger partial charge in [0, 0.05) is 17.3 Å². The van der Waals surface area contributed by atoms with Gasteiger partial charge >= 0.3 is 0 Å². The predicted octanol–water partition coefficient (Wildman–Crippen LogP) is 4.96. The Labute approximate surface area is 135 Å². The van der Waals surface area contributed by atoms with Gasteiger partial charge in [-0.05, 0) is 35.7 Å². The quantitative estimate of drug-likeness (QED) is 0.691. The maximum absolute atomic E-state index is 14.3. The number of benzene rings is 3. The Morgan fingerprint density at radius 2 is 1.74 bits per heavy atom. The van der Waals surface area contributed by atoms with Gasteiger partial charge in [0.15, 0.2) is 0 Å². The van der Waals surface area contributed by atoms with E-state index in [9.17, 15) is 4.39 Å². The highest BCUT2D eigenvalue weighted by atomic mass is 19.1. The van der Waals surface area contributed by atoms with Crippen LogP contribution in [-0.4, -0.2) is 0 Å². The molecule has 0 fully saturated rings. The van der Waals surface area contributed by atoms with Crippen molar-refractivity contribution in [1.82, 2.24) is 0 Å². The van der Waals surface area contributed by atoms with E-state index in [1.807, 2.05) is 42.5 Å². The monoisotopic (exact) mass is 307 g/mol. The smallest absolute Gasteiger partial charge is 0.133 e. The molecule has 0 heterocycles. The lowest BCUT2D eigenvalue weighted by atomic mass is 10.0. The SMILES string of the molecule is Cc1cccc(-c2cc(N)cc(OCc3ccccc3)c2)c1F. The van der Waals surface area contributed by atoms with E-state index >= 15 is 0 Å². The first-order valence-electron chi connectivity index (χ1n) is 7.46. The Morgan fingerprint density at radius 1 is 0.957 bits per heavy atom. The molecule has 2 N–H and O–H groups in total. The van der Waals surface area contributed by atoms with Gasteiger partial charge in [0.25, 0.3) is 0 Å². The van der Waals surface area contributed by atoms with Crippen LogP contribution in [0.5, 0.6) is 5.75 Å². The van der Waals surface area contributed by atoms with E-state index in [2.05, 4.69) is 0 Å². The zero-order valence-corrected chi connectivity index (χ0v) is 12.9. The number of aryl methyl sites for hydroxylation is 1. The number of nitrogens with two attached hydrogens (primary N) is 1. The molecular formula is C20H18FNO. The minimum absolute atomic E-state index is 0.230. The number of hydrogen-bond acceptors (Lipinski definition) is 2. The highest BCUT2D eigenvalue weighted by Gasteiger charge is 2.09. The van der Waals surface area contributed by atoms with Crippen LogP contribution < -0.4 is 10.5 Å². The van der Waals surface area contributed by atoms with Crippen LogP contribution in [0.25, 0.3) is 11.1 Å². The highest BCUT2D eigenvalue weighted by Crippen LogP contribution is 2.30. The van der Waals surface area contributed by atoms with Crippen molar-refractivity contribution in [2.24, 2.45) is 0 Å². The Morgan fingerprint density at radius 3 is 2.52 bits per heavy atom. The van der Waals surface area contributed by atoms with Crippen LogP contribution >= 0.6 is 0 Å². The van der Waals surface area contributed by atoms with Gasteiger partial charge in [-0.3, -0.25) is 0 Å². The van der Waals surface area contributed by atoms with Gasteiger partial charge < -0.3 is 10.5 Å². The van der Waals surface area contributed by atoms with Crippen molar-refractivity contribution in [3.8, 4) is 16.9 Å². The number of nitrogen functional groups attached to an aromatic ring is 1. The lowest BCUT2D eigenvalue weighted by molar-refractivity contribution is 0.306. The summed E-state index contributed by atoms with van der Waals surface area (Å²) in [4.78, 5) is 0. The van der Waals surface area contributed by atoms with Crippen molar-refractivity contribution in [2.45, 2.75) is 13.5 Å². The molecule has 0 saturated heterocycles. The molecule has 3 heteroatoms. The average Bonchev–Trinajstić information content (AvgIpc) is 2.56. The van der Waals surface area contributed by atoms with E-state index in [0.717, 1.165) is 5.56 Å². The number of anilines is 1. The summed E-state index contributed by atoms with van der Waals surface area (Å²) < 4.78 is 20.1. The summed E-state index contributed by atoms with van der Waals surface area (Å²) in [7, 11) is 0. The van der Waals surface area contributed by atoms with Gasteiger partial charge in [-0.1, -0.05) is 48.5 Å². The predicted molar refractivity (Wildman–Crippen MR) is 91.8 cm³/mol. The van der Waals surface area contributed by atoms with Crippen LogP contribution in [0.15, 0.2) is 66.7 Å².